The third kappa shape index (κ3) is 3.76. The first-order valence-corrected chi connectivity index (χ1v) is 12.1. The number of rotatable bonds is 6. The van der Waals surface area contributed by atoms with Crippen LogP contribution in [0.2, 0.25) is 0 Å². The van der Waals surface area contributed by atoms with Crippen molar-refractivity contribution in [3.8, 4) is 0 Å². The van der Waals surface area contributed by atoms with E-state index >= 15 is 0 Å². The molecule has 3 heterocycles. The second kappa shape index (κ2) is 8.28. The number of ether oxygens (including phenoxy) is 2. The van der Waals surface area contributed by atoms with Gasteiger partial charge in [0.05, 0.1) is 18.6 Å². The maximum absolute atomic E-state index is 13.6. The molecule has 1 N–H and O–H groups in total. The number of hydrogen-bond acceptors (Lipinski definition) is 5. The Balaban J connectivity index is 1.34. The van der Waals surface area contributed by atoms with Crippen LogP contribution < -0.4 is 10.2 Å². The summed E-state index contributed by atoms with van der Waals surface area (Å²) in [7, 11) is 0. The molecule has 0 unspecified atom stereocenters. The van der Waals surface area contributed by atoms with E-state index in [0.29, 0.717) is 13.0 Å². The van der Waals surface area contributed by atoms with Crippen molar-refractivity contribution in [2.75, 3.05) is 11.4 Å². The molecular formula is C26H32N2O5. The lowest BCUT2D eigenvalue weighted by Gasteiger charge is -2.25. The summed E-state index contributed by atoms with van der Waals surface area (Å²) in [6.45, 7) is 6.20. The Kier molecular flexibility index (Phi) is 5.55. The zero-order chi connectivity index (χ0) is 23.3. The molecule has 1 aromatic rings. The molecule has 5 rings (SSSR count). The Hall–Kier alpha value is -2.67. The molecule has 2 saturated heterocycles. The van der Waals surface area contributed by atoms with E-state index in [1.165, 1.54) is 0 Å². The number of aryl methyl sites for hydroxylation is 2. The first-order valence-electron chi connectivity index (χ1n) is 12.1. The fraction of sp³-hybridized carbons (Fsp3) is 0.577. The summed E-state index contributed by atoms with van der Waals surface area (Å²) in [6.07, 6.45) is 6.97. The van der Waals surface area contributed by atoms with Gasteiger partial charge in [0.15, 0.2) is 6.10 Å². The molecule has 1 saturated carbocycles. The summed E-state index contributed by atoms with van der Waals surface area (Å²) in [5, 5.41) is 3.02. The predicted molar refractivity (Wildman–Crippen MR) is 123 cm³/mol. The van der Waals surface area contributed by atoms with Crippen LogP contribution in [0.15, 0.2) is 30.4 Å². The number of carbonyl (C=O) groups excluding carboxylic acids is 3. The van der Waals surface area contributed by atoms with Crippen molar-refractivity contribution in [2.24, 2.45) is 11.8 Å². The van der Waals surface area contributed by atoms with Crippen LogP contribution in [0, 0.1) is 25.7 Å². The minimum Gasteiger partial charge on any atom is -0.452 e. The van der Waals surface area contributed by atoms with Gasteiger partial charge in [-0.05, 0) is 56.4 Å². The lowest BCUT2D eigenvalue weighted by molar-refractivity contribution is -0.162. The molecule has 5 atom stereocenters. The van der Waals surface area contributed by atoms with Crippen LogP contribution >= 0.6 is 0 Å². The van der Waals surface area contributed by atoms with Gasteiger partial charge < -0.3 is 19.7 Å². The Morgan fingerprint density at radius 2 is 1.91 bits per heavy atom. The molecule has 0 radical (unpaired) electrons. The third-order valence-corrected chi connectivity index (χ3v) is 7.51. The van der Waals surface area contributed by atoms with Crippen LogP contribution in [0.4, 0.5) is 5.69 Å². The minimum absolute atomic E-state index is 0.128. The van der Waals surface area contributed by atoms with Gasteiger partial charge in [-0.3, -0.25) is 14.4 Å². The summed E-state index contributed by atoms with van der Waals surface area (Å²) in [4.78, 5) is 41.3. The number of hydrogen-bond donors (Lipinski definition) is 1. The SMILES string of the molecule is CC[C@@H](OC(=O)[C@@H]1[C@@H]2C=C[C@]3(CN(c4cc(C)cc(C)c4)C(=O)[C@H]13)O2)C(=O)NC1CCCC1. The molecule has 176 valence electrons. The number of carbonyl (C=O) groups is 3. The number of esters is 1. The van der Waals surface area contributed by atoms with Gasteiger partial charge in [0.2, 0.25) is 5.91 Å². The van der Waals surface area contributed by atoms with Crippen molar-refractivity contribution in [2.45, 2.75) is 76.7 Å². The summed E-state index contributed by atoms with van der Waals surface area (Å²) >= 11 is 0. The molecule has 2 bridgehead atoms. The number of nitrogens with one attached hydrogen (secondary N) is 1. The Morgan fingerprint density at radius 3 is 2.58 bits per heavy atom. The van der Waals surface area contributed by atoms with E-state index in [2.05, 4.69) is 11.4 Å². The second-order valence-electron chi connectivity index (χ2n) is 9.99. The quantitative estimate of drug-likeness (QED) is 0.530. The van der Waals surface area contributed by atoms with Gasteiger partial charge >= 0.3 is 5.97 Å². The highest BCUT2D eigenvalue weighted by atomic mass is 16.6. The zero-order valence-corrected chi connectivity index (χ0v) is 19.5. The molecule has 7 heteroatoms. The average Bonchev–Trinajstić information content (AvgIpc) is 3.53. The molecule has 1 aliphatic carbocycles. The van der Waals surface area contributed by atoms with Crippen LogP contribution in [-0.4, -0.2) is 48.2 Å². The van der Waals surface area contributed by atoms with E-state index in [4.69, 9.17) is 9.47 Å². The topological polar surface area (TPSA) is 84.9 Å². The van der Waals surface area contributed by atoms with E-state index in [9.17, 15) is 14.4 Å². The van der Waals surface area contributed by atoms with Gasteiger partial charge in [-0.15, -0.1) is 0 Å². The van der Waals surface area contributed by atoms with Crippen molar-refractivity contribution in [3.05, 3.63) is 41.5 Å². The Labute approximate surface area is 194 Å². The van der Waals surface area contributed by atoms with Crippen LogP contribution in [0.1, 0.15) is 50.2 Å². The summed E-state index contributed by atoms with van der Waals surface area (Å²) in [6, 6.07) is 6.18. The fourth-order valence-electron chi connectivity index (χ4n) is 6.00. The highest BCUT2D eigenvalue weighted by Crippen LogP contribution is 2.53. The highest BCUT2D eigenvalue weighted by molar-refractivity contribution is 6.03. The monoisotopic (exact) mass is 452 g/mol. The number of fused-ring (bicyclic) bond motifs is 1. The smallest absolute Gasteiger partial charge is 0.313 e. The van der Waals surface area contributed by atoms with Crippen molar-refractivity contribution >= 4 is 23.5 Å². The van der Waals surface area contributed by atoms with Gasteiger partial charge in [0.25, 0.3) is 5.91 Å². The molecule has 1 aromatic carbocycles. The molecule has 2 amide bonds. The molecule has 3 fully saturated rings. The Bertz CT molecular complexity index is 994. The summed E-state index contributed by atoms with van der Waals surface area (Å²) < 4.78 is 11.9. The fourth-order valence-corrected chi connectivity index (χ4v) is 6.00. The van der Waals surface area contributed by atoms with Crippen LogP contribution in [0.25, 0.3) is 0 Å². The summed E-state index contributed by atoms with van der Waals surface area (Å²) in [5.74, 6) is -2.29. The molecule has 1 spiro atoms. The van der Waals surface area contributed by atoms with Crippen molar-refractivity contribution in [3.63, 3.8) is 0 Å². The van der Waals surface area contributed by atoms with Gasteiger partial charge in [0.1, 0.15) is 11.5 Å². The maximum Gasteiger partial charge on any atom is 0.313 e. The average molecular weight is 453 g/mol. The predicted octanol–water partition coefficient (Wildman–Crippen LogP) is 2.97. The van der Waals surface area contributed by atoms with Crippen LogP contribution in [0.5, 0.6) is 0 Å². The first kappa shape index (κ1) is 22.1. The molecule has 0 aromatic heterocycles. The minimum atomic E-state index is -0.857. The Morgan fingerprint density at radius 1 is 1.21 bits per heavy atom. The third-order valence-electron chi connectivity index (χ3n) is 7.51. The molecule has 3 aliphatic heterocycles. The van der Waals surface area contributed by atoms with Gasteiger partial charge in [-0.25, -0.2) is 0 Å². The van der Waals surface area contributed by atoms with Gasteiger partial charge in [0, 0.05) is 11.7 Å². The van der Waals surface area contributed by atoms with Crippen molar-refractivity contribution in [1.29, 1.82) is 0 Å². The van der Waals surface area contributed by atoms with E-state index in [-0.39, 0.29) is 17.9 Å². The second-order valence-corrected chi connectivity index (χ2v) is 9.99. The molecule has 7 nitrogen and oxygen atoms in total. The number of amides is 2. The normalized spacial score (nSPS) is 31.2. The van der Waals surface area contributed by atoms with Crippen LogP contribution in [-0.2, 0) is 23.9 Å². The highest BCUT2D eigenvalue weighted by Gasteiger charge is 2.67. The number of benzene rings is 1. The van der Waals surface area contributed by atoms with Gasteiger partial charge in [-0.2, -0.15) is 0 Å². The molecule has 33 heavy (non-hydrogen) atoms. The van der Waals surface area contributed by atoms with E-state index < -0.39 is 35.6 Å². The van der Waals surface area contributed by atoms with Crippen molar-refractivity contribution in [1.82, 2.24) is 5.32 Å². The number of nitrogens with zero attached hydrogens (tertiary/aromatic N) is 1. The van der Waals surface area contributed by atoms with Gasteiger partial charge in [-0.1, -0.05) is 38.0 Å². The molecule has 4 aliphatic rings. The lowest BCUT2D eigenvalue weighted by Crippen LogP contribution is -2.45. The van der Waals surface area contributed by atoms with Crippen LogP contribution in [0.3, 0.4) is 0 Å². The largest absolute Gasteiger partial charge is 0.452 e. The standard InChI is InChI=1S/C26H32N2O5/c1-4-19(23(29)27-17-7-5-6-8-17)32-25(31)21-20-9-10-26(33-20)14-28(24(30)22(21)26)18-12-15(2)11-16(3)13-18/h9-13,17,19-22H,4-8,14H2,1-3H3,(H,27,29)/t19-,20+,21-,22+,26-/m1/s1. The lowest BCUT2D eigenvalue weighted by atomic mass is 9.77. The van der Waals surface area contributed by atoms with E-state index in [1.807, 2.05) is 45.1 Å². The molecular weight excluding hydrogens is 420 g/mol. The van der Waals surface area contributed by atoms with E-state index in [0.717, 1.165) is 42.5 Å². The first-order chi connectivity index (χ1) is 15.8. The van der Waals surface area contributed by atoms with E-state index in [1.54, 1.807) is 4.90 Å². The zero-order valence-electron chi connectivity index (χ0n) is 19.5. The number of anilines is 1. The van der Waals surface area contributed by atoms with Crippen molar-refractivity contribution < 1.29 is 23.9 Å². The maximum atomic E-state index is 13.6. The summed E-state index contributed by atoms with van der Waals surface area (Å²) in [5.41, 5.74) is 2.14.